The number of aromatic nitrogens is 2. The van der Waals surface area contributed by atoms with Gasteiger partial charge in [0.2, 0.25) is 15.9 Å². The first kappa shape index (κ1) is 14.9. The number of benzene rings is 1. The van der Waals surface area contributed by atoms with Crippen LogP contribution in [-0.4, -0.2) is 23.5 Å². The lowest BCUT2D eigenvalue weighted by Gasteiger charge is -2.05. The second-order valence-corrected chi connectivity index (χ2v) is 5.80. The Bertz CT molecular complexity index is 785. The molecule has 1 aromatic carbocycles. The monoisotopic (exact) mass is 313 g/mol. The van der Waals surface area contributed by atoms with Crippen molar-refractivity contribution in [1.82, 2.24) is 14.9 Å². The van der Waals surface area contributed by atoms with E-state index in [2.05, 4.69) is 14.9 Å². The molecule has 2 rings (SSSR count). The lowest BCUT2D eigenvalue weighted by atomic mass is 10.3. The van der Waals surface area contributed by atoms with Crippen LogP contribution in [0, 0.1) is 17.0 Å². The van der Waals surface area contributed by atoms with Crippen molar-refractivity contribution in [3.05, 3.63) is 40.0 Å². The number of hydrogen-bond donors (Lipinski definition) is 2. The zero-order chi connectivity index (χ0) is 15.6. The molecule has 0 saturated heterocycles. The first-order valence-corrected chi connectivity index (χ1v) is 7.10. The molecular formula is C10H11N5O5S. The van der Waals surface area contributed by atoms with Crippen LogP contribution in [0.1, 0.15) is 11.7 Å². The van der Waals surface area contributed by atoms with Gasteiger partial charge in [0, 0.05) is 6.07 Å². The normalized spacial score (nSPS) is 11.5. The number of nitro benzene ring substituents is 1. The van der Waals surface area contributed by atoms with Crippen molar-refractivity contribution < 1.29 is 17.9 Å². The number of hydrogen-bond acceptors (Lipinski definition) is 8. The van der Waals surface area contributed by atoms with Crippen molar-refractivity contribution in [2.24, 2.45) is 0 Å². The molecule has 0 aliphatic heterocycles. The van der Waals surface area contributed by atoms with Crippen molar-refractivity contribution in [2.45, 2.75) is 18.4 Å². The maximum atomic E-state index is 12.0. The van der Waals surface area contributed by atoms with E-state index in [0.29, 0.717) is 5.82 Å². The number of nitrogens with one attached hydrogen (secondary N) is 1. The Morgan fingerprint density at radius 2 is 2.19 bits per heavy atom. The van der Waals surface area contributed by atoms with Gasteiger partial charge < -0.3 is 10.3 Å². The highest BCUT2D eigenvalue weighted by molar-refractivity contribution is 7.89. The molecule has 0 aliphatic carbocycles. The second-order valence-electron chi connectivity index (χ2n) is 4.04. The summed E-state index contributed by atoms with van der Waals surface area (Å²) in [5, 5.41) is 14.3. The molecule has 0 amide bonds. The van der Waals surface area contributed by atoms with Crippen molar-refractivity contribution in [3.8, 4) is 0 Å². The van der Waals surface area contributed by atoms with Gasteiger partial charge >= 0.3 is 0 Å². The number of rotatable bonds is 5. The van der Waals surface area contributed by atoms with Crippen LogP contribution in [0.15, 0.2) is 27.6 Å². The fraction of sp³-hybridized carbons (Fsp3) is 0.200. The third-order valence-corrected chi connectivity index (χ3v) is 3.89. The number of nitro groups is 1. The van der Waals surface area contributed by atoms with Gasteiger partial charge in [-0.1, -0.05) is 5.16 Å². The van der Waals surface area contributed by atoms with E-state index < -0.39 is 20.6 Å². The third kappa shape index (κ3) is 3.32. The van der Waals surface area contributed by atoms with Gasteiger partial charge in [0.25, 0.3) is 5.69 Å². The zero-order valence-electron chi connectivity index (χ0n) is 10.8. The molecule has 2 aromatic rings. The summed E-state index contributed by atoms with van der Waals surface area (Å²) in [5.74, 6) is 0.452. The Morgan fingerprint density at radius 3 is 2.76 bits per heavy atom. The maximum Gasteiger partial charge on any atom is 0.293 e. The molecule has 0 aliphatic rings. The van der Waals surface area contributed by atoms with E-state index in [0.717, 1.165) is 12.1 Å². The first-order chi connectivity index (χ1) is 9.79. The zero-order valence-corrected chi connectivity index (χ0v) is 11.6. The van der Waals surface area contributed by atoms with Gasteiger partial charge in [-0.05, 0) is 19.1 Å². The van der Waals surface area contributed by atoms with Crippen molar-refractivity contribution in [3.63, 3.8) is 0 Å². The van der Waals surface area contributed by atoms with Gasteiger partial charge in [0.1, 0.15) is 5.69 Å². The summed E-state index contributed by atoms with van der Waals surface area (Å²) in [6.07, 6.45) is 0. The Hall–Kier alpha value is -2.53. The van der Waals surface area contributed by atoms with E-state index in [-0.39, 0.29) is 23.0 Å². The van der Waals surface area contributed by atoms with Crippen molar-refractivity contribution in [2.75, 3.05) is 5.73 Å². The van der Waals surface area contributed by atoms with E-state index in [1.54, 1.807) is 6.92 Å². The minimum atomic E-state index is -3.96. The molecule has 0 radical (unpaired) electrons. The molecule has 0 saturated carbocycles. The summed E-state index contributed by atoms with van der Waals surface area (Å²) in [7, 11) is -3.96. The van der Waals surface area contributed by atoms with E-state index in [1.807, 2.05) is 0 Å². The number of nitrogens with zero attached hydrogens (tertiary/aromatic N) is 3. The van der Waals surface area contributed by atoms with Gasteiger partial charge in [-0.2, -0.15) is 4.98 Å². The minimum absolute atomic E-state index is 0.0843. The van der Waals surface area contributed by atoms with Crippen LogP contribution in [-0.2, 0) is 16.6 Å². The van der Waals surface area contributed by atoms with Gasteiger partial charge in [0.15, 0.2) is 5.82 Å². The highest BCUT2D eigenvalue weighted by Gasteiger charge is 2.20. The largest absolute Gasteiger partial charge is 0.393 e. The highest BCUT2D eigenvalue weighted by atomic mass is 32.2. The Morgan fingerprint density at radius 1 is 1.48 bits per heavy atom. The number of nitrogen functional groups attached to an aromatic ring is 1. The Kier molecular flexibility index (Phi) is 3.86. The standard InChI is InChI=1S/C10H11N5O5S/c1-6-13-10(20-14-6)5-12-21(18,19)7-2-3-8(11)9(4-7)15(16)17/h2-4,12H,5,11H2,1H3. The summed E-state index contributed by atoms with van der Waals surface area (Å²) in [4.78, 5) is 13.6. The van der Waals surface area contributed by atoms with E-state index in [1.165, 1.54) is 6.07 Å². The molecule has 112 valence electrons. The van der Waals surface area contributed by atoms with E-state index >= 15 is 0 Å². The molecule has 1 heterocycles. The molecule has 0 unspecified atom stereocenters. The molecule has 1 aromatic heterocycles. The van der Waals surface area contributed by atoms with Crippen LogP contribution in [0.2, 0.25) is 0 Å². The quantitative estimate of drug-likeness (QED) is 0.455. The SMILES string of the molecule is Cc1noc(CNS(=O)(=O)c2ccc(N)c([N+](=O)[O-])c2)n1. The van der Waals surface area contributed by atoms with Crippen LogP contribution >= 0.6 is 0 Å². The minimum Gasteiger partial charge on any atom is -0.393 e. The lowest BCUT2D eigenvalue weighted by molar-refractivity contribution is -0.384. The summed E-state index contributed by atoms with van der Waals surface area (Å²) < 4.78 is 31.0. The predicted octanol–water partition coefficient (Wildman–Crippen LogP) is 0.347. The van der Waals surface area contributed by atoms with Gasteiger partial charge in [-0.25, -0.2) is 13.1 Å². The molecule has 21 heavy (non-hydrogen) atoms. The van der Waals surface area contributed by atoms with Crippen LogP contribution < -0.4 is 10.5 Å². The number of nitrogens with two attached hydrogens (primary N) is 1. The van der Waals surface area contributed by atoms with Crippen LogP contribution in [0.5, 0.6) is 0 Å². The van der Waals surface area contributed by atoms with E-state index in [9.17, 15) is 18.5 Å². The number of anilines is 1. The molecule has 11 heteroatoms. The van der Waals surface area contributed by atoms with E-state index in [4.69, 9.17) is 10.3 Å². The predicted molar refractivity (Wildman–Crippen MR) is 70.6 cm³/mol. The second kappa shape index (κ2) is 5.46. The summed E-state index contributed by atoms with van der Waals surface area (Å²) in [5.41, 5.74) is 4.81. The van der Waals surface area contributed by atoms with Crippen LogP contribution in [0.4, 0.5) is 11.4 Å². The fourth-order valence-corrected chi connectivity index (χ4v) is 2.49. The number of sulfonamides is 1. The molecule has 3 N–H and O–H groups in total. The Labute approximate surface area is 119 Å². The molecule has 0 spiro atoms. The molecule has 10 nitrogen and oxygen atoms in total. The lowest BCUT2D eigenvalue weighted by Crippen LogP contribution is -2.23. The van der Waals surface area contributed by atoms with Crippen LogP contribution in [0.3, 0.4) is 0 Å². The Balaban J connectivity index is 2.23. The smallest absolute Gasteiger partial charge is 0.293 e. The molecule has 0 fully saturated rings. The van der Waals surface area contributed by atoms with Crippen molar-refractivity contribution in [1.29, 1.82) is 0 Å². The summed E-state index contributed by atoms with van der Waals surface area (Å²) in [6, 6.07) is 3.21. The highest BCUT2D eigenvalue weighted by Crippen LogP contribution is 2.24. The summed E-state index contributed by atoms with van der Waals surface area (Å²) >= 11 is 0. The average molecular weight is 313 g/mol. The first-order valence-electron chi connectivity index (χ1n) is 5.62. The maximum absolute atomic E-state index is 12.0. The van der Waals surface area contributed by atoms with Crippen LogP contribution in [0.25, 0.3) is 0 Å². The van der Waals surface area contributed by atoms with Gasteiger partial charge in [0.05, 0.1) is 16.4 Å². The van der Waals surface area contributed by atoms with Gasteiger partial charge in [-0.3, -0.25) is 10.1 Å². The molecule has 0 bridgehead atoms. The third-order valence-electron chi connectivity index (χ3n) is 2.49. The summed E-state index contributed by atoms with van der Waals surface area (Å²) in [6.45, 7) is 1.37. The average Bonchev–Trinajstić information content (AvgIpc) is 2.82. The molecule has 0 atom stereocenters. The fourth-order valence-electron chi connectivity index (χ4n) is 1.50. The number of aryl methyl sites for hydroxylation is 1. The van der Waals surface area contributed by atoms with Crippen molar-refractivity contribution >= 4 is 21.4 Å². The molecular weight excluding hydrogens is 302 g/mol. The van der Waals surface area contributed by atoms with Gasteiger partial charge in [-0.15, -0.1) is 0 Å². The topological polar surface area (TPSA) is 154 Å².